The highest BCUT2D eigenvalue weighted by molar-refractivity contribution is 6.46. The maximum atomic E-state index is 13.2. The van der Waals surface area contributed by atoms with E-state index in [0.717, 1.165) is 36.4 Å². The molecule has 0 spiro atoms. The zero-order chi connectivity index (χ0) is 24.8. The van der Waals surface area contributed by atoms with Crippen molar-refractivity contribution in [3.8, 4) is 5.75 Å². The number of carbonyl (C=O) groups is 2. The van der Waals surface area contributed by atoms with E-state index in [1.165, 1.54) is 0 Å². The number of nitrogens with zero attached hydrogens (tertiary/aromatic N) is 2. The van der Waals surface area contributed by atoms with Gasteiger partial charge in [0.05, 0.1) is 18.2 Å². The Balaban J connectivity index is 2.06. The zero-order valence-electron chi connectivity index (χ0n) is 20.3. The highest BCUT2D eigenvalue weighted by Gasteiger charge is 2.46. The van der Waals surface area contributed by atoms with Gasteiger partial charge in [-0.25, -0.2) is 0 Å². The molecule has 1 saturated heterocycles. The number of likely N-dealkylation sites (tertiary alicyclic amines) is 1. The van der Waals surface area contributed by atoms with Crippen LogP contribution in [0.25, 0.3) is 5.76 Å². The molecule has 0 bridgehead atoms. The molecule has 0 radical (unpaired) electrons. The topological polar surface area (TPSA) is 70.1 Å². The van der Waals surface area contributed by atoms with Crippen LogP contribution in [0, 0.1) is 6.92 Å². The molecule has 1 amide bonds. The van der Waals surface area contributed by atoms with Gasteiger partial charge in [-0.3, -0.25) is 9.59 Å². The van der Waals surface area contributed by atoms with Gasteiger partial charge < -0.3 is 19.6 Å². The summed E-state index contributed by atoms with van der Waals surface area (Å²) in [6.45, 7) is 11.3. The van der Waals surface area contributed by atoms with Gasteiger partial charge in [-0.15, -0.1) is 0 Å². The predicted molar refractivity (Wildman–Crippen MR) is 135 cm³/mol. The van der Waals surface area contributed by atoms with Crippen LogP contribution in [0.1, 0.15) is 49.9 Å². The van der Waals surface area contributed by atoms with Crippen LogP contribution in [0.15, 0.2) is 48.0 Å². The molecule has 0 aliphatic carbocycles. The molecule has 1 heterocycles. The summed E-state index contributed by atoms with van der Waals surface area (Å²) in [5.41, 5.74) is 2.14. The van der Waals surface area contributed by atoms with E-state index in [1.807, 2.05) is 13.8 Å². The van der Waals surface area contributed by atoms with Crippen LogP contribution in [0.5, 0.6) is 5.75 Å². The van der Waals surface area contributed by atoms with Gasteiger partial charge >= 0.3 is 0 Å². The summed E-state index contributed by atoms with van der Waals surface area (Å²) in [5.74, 6) is -0.740. The first kappa shape index (κ1) is 25.8. The number of benzene rings is 2. The maximum absolute atomic E-state index is 13.2. The molecule has 0 aromatic heterocycles. The Morgan fingerprint density at radius 3 is 2.35 bits per heavy atom. The van der Waals surface area contributed by atoms with Crippen LogP contribution in [0.4, 0.5) is 0 Å². The van der Waals surface area contributed by atoms with Gasteiger partial charge in [0.25, 0.3) is 11.7 Å². The number of halogens is 1. The minimum Gasteiger partial charge on any atom is -0.507 e. The number of amides is 1. The lowest BCUT2D eigenvalue weighted by Gasteiger charge is -2.28. The number of carbonyl (C=O) groups excluding carboxylic acids is 2. The first-order valence-corrected chi connectivity index (χ1v) is 12.2. The van der Waals surface area contributed by atoms with Crippen LogP contribution in [-0.4, -0.2) is 59.4 Å². The van der Waals surface area contributed by atoms with E-state index in [4.69, 9.17) is 16.3 Å². The molecule has 1 fully saturated rings. The maximum Gasteiger partial charge on any atom is 0.295 e. The molecule has 7 heteroatoms. The Morgan fingerprint density at radius 1 is 1.09 bits per heavy atom. The van der Waals surface area contributed by atoms with E-state index in [0.29, 0.717) is 30.3 Å². The summed E-state index contributed by atoms with van der Waals surface area (Å²) < 4.78 is 5.73. The molecular weight excluding hydrogens is 452 g/mol. The van der Waals surface area contributed by atoms with Crippen LogP contribution < -0.4 is 4.74 Å². The molecule has 2 aromatic carbocycles. The number of ether oxygens (including phenoxy) is 1. The Kier molecular flexibility index (Phi) is 8.75. The Morgan fingerprint density at radius 2 is 1.76 bits per heavy atom. The van der Waals surface area contributed by atoms with E-state index in [-0.39, 0.29) is 11.3 Å². The molecule has 182 valence electrons. The van der Waals surface area contributed by atoms with Gasteiger partial charge in [-0.1, -0.05) is 44.5 Å². The third-order valence-electron chi connectivity index (χ3n) is 6.19. The largest absolute Gasteiger partial charge is 0.507 e. The lowest BCUT2D eigenvalue weighted by Crippen LogP contribution is -2.38. The first-order valence-electron chi connectivity index (χ1n) is 11.8. The molecule has 0 saturated carbocycles. The van der Waals surface area contributed by atoms with Crippen molar-refractivity contribution in [2.45, 2.75) is 40.2 Å². The van der Waals surface area contributed by atoms with Crippen molar-refractivity contribution < 1.29 is 19.4 Å². The van der Waals surface area contributed by atoms with Crippen LogP contribution in [0.2, 0.25) is 5.02 Å². The number of aliphatic hydroxyl groups is 1. The lowest BCUT2D eigenvalue weighted by molar-refractivity contribution is -0.140. The average molecular weight is 485 g/mol. The van der Waals surface area contributed by atoms with E-state index in [1.54, 1.807) is 47.4 Å². The Hall–Kier alpha value is -2.83. The molecule has 34 heavy (non-hydrogen) atoms. The third-order valence-corrected chi connectivity index (χ3v) is 6.44. The highest BCUT2D eigenvalue weighted by Crippen LogP contribution is 2.40. The summed E-state index contributed by atoms with van der Waals surface area (Å²) >= 11 is 6.09. The number of hydrogen-bond acceptors (Lipinski definition) is 5. The van der Waals surface area contributed by atoms with Crippen molar-refractivity contribution in [1.82, 2.24) is 9.80 Å². The highest BCUT2D eigenvalue weighted by atomic mass is 35.5. The Bertz CT molecular complexity index is 1060. The third kappa shape index (κ3) is 5.45. The molecule has 1 aliphatic rings. The van der Waals surface area contributed by atoms with Gasteiger partial charge in [-0.05, 0) is 67.9 Å². The smallest absolute Gasteiger partial charge is 0.295 e. The van der Waals surface area contributed by atoms with Gasteiger partial charge in [0.1, 0.15) is 11.5 Å². The summed E-state index contributed by atoms with van der Waals surface area (Å²) in [4.78, 5) is 30.0. The van der Waals surface area contributed by atoms with Crippen molar-refractivity contribution in [1.29, 1.82) is 0 Å². The number of aryl methyl sites for hydroxylation is 1. The molecule has 6 nitrogen and oxygen atoms in total. The number of rotatable bonds is 10. The van der Waals surface area contributed by atoms with Gasteiger partial charge in [0, 0.05) is 23.7 Å². The number of hydrogen-bond donors (Lipinski definition) is 1. The second-order valence-electron chi connectivity index (χ2n) is 8.40. The van der Waals surface area contributed by atoms with Crippen LogP contribution >= 0.6 is 11.6 Å². The molecule has 2 aromatic rings. The molecular formula is C27H33ClN2O4. The molecule has 1 unspecified atom stereocenters. The van der Waals surface area contributed by atoms with E-state index in [9.17, 15) is 14.7 Å². The van der Waals surface area contributed by atoms with E-state index >= 15 is 0 Å². The normalized spacial score (nSPS) is 17.6. The summed E-state index contributed by atoms with van der Waals surface area (Å²) in [5, 5.41) is 11.8. The number of aliphatic hydroxyl groups excluding tert-OH is 1. The van der Waals surface area contributed by atoms with Crippen molar-refractivity contribution in [2.24, 2.45) is 0 Å². The molecule has 1 atom stereocenters. The van der Waals surface area contributed by atoms with Crippen LogP contribution in [0.3, 0.4) is 0 Å². The van der Waals surface area contributed by atoms with Crippen molar-refractivity contribution >= 4 is 29.1 Å². The zero-order valence-corrected chi connectivity index (χ0v) is 21.1. The molecule has 1 N–H and O–H groups in total. The summed E-state index contributed by atoms with van der Waals surface area (Å²) in [6, 6.07) is 11.6. The first-order chi connectivity index (χ1) is 16.3. The SMILES string of the molecule is CCCOc1ccc(/C(O)=C2\C(=O)C(=O)N(CCN(CC)CC)C2c2ccc(Cl)cc2)cc1C. The van der Waals surface area contributed by atoms with E-state index < -0.39 is 17.7 Å². The minimum absolute atomic E-state index is 0.0912. The minimum atomic E-state index is -0.691. The predicted octanol–water partition coefficient (Wildman–Crippen LogP) is 5.20. The number of likely N-dealkylation sites (N-methyl/N-ethyl adjacent to an activating group) is 1. The van der Waals surface area contributed by atoms with Crippen molar-refractivity contribution in [3.63, 3.8) is 0 Å². The second kappa shape index (κ2) is 11.5. The molecule has 1 aliphatic heterocycles. The number of ketones is 1. The standard InChI is InChI=1S/C27H33ClN2O4/c1-5-16-34-22-13-10-20(17-18(22)4)25(31)23-24(19-8-11-21(28)12-9-19)30(27(33)26(23)32)15-14-29(6-2)7-3/h8-13,17,24,31H,5-7,14-16H2,1-4H3/b25-23+. The van der Waals surface area contributed by atoms with Gasteiger partial charge in [0.2, 0.25) is 0 Å². The van der Waals surface area contributed by atoms with Crippen LogP contribution in [-0.2, 0) is 9.59 Å². The Labute approximate surface area is 206 Å². The lowest BCUT2D eigenvalue weighted by atomic mass is 9.95. The van der Waals surface area contributed by atoms with E-state index in [2.05, 4.69) is 18.7 Å². The number of Topliss-reactive ketones (excluding diaryl/α,β-unsaturated/α-hetero) is 1. The second-order valence-corrected chi connectivity index (χ2v) is 8.84. The average Bonchev–Trinajstić information content (AvgIpc) is 3.09. The van der Waals surface area contributed by atoms with Crippen molar-refractivity contribution in [3.05, 3.63) is 69.8 Å². The van der Waals surface area contributed by atoms with Gasteiger partial charge in [-0.2, -0.15) is 0 Å². The summed E-state index contributed by atoms with van der Waals surface area (Å²) in [7, 11) is 0. The van der Waals surface area contributed by atoms with Crippen molar-refractivity contribution in [2.75, 3.05) is 32.8 Å². The summed E-state index contributed by atoms with van der Waals surface area (Å²) in [6.07, 6.45) is 0.888. The molecule has 3 rings (SSSR count). The fourth-order valence-electron chi connectivity index (χ4n) is 4.22. The quantitative estimate of drug-likeness (QED) is 0.285. The fraction of sp³-hybridized carbons (Fsp3) is 0.407. The van der Waals surface area contributed by atoms with Gasteiger partial charge in [0.15, 0.2) is 0 Å². The fourth-order valence-corrected chi connectivity index (χ4v) is 4.34. The monoisotopic (exact) mass is 484 g/mol.